The molecule has 0 aromatic rings. The highest BCUT2D eigenvalue weighted by Gasteiger charge is 2.64. The van der Waals surface area contributed by atoms with Gasteiger partial charge in [-0.1, -0.05) is 19.4 Å². The number of carbonyl (C=O) groups excluding carboxylic acids is 2. The van der Waals surface area contributed by atoms with E-state index >= 15 is 0 Å². The molecule has 0 N–H and O–H groups in total. The van der Waals surface area contributed by atoms with Gasteiger partial charge in [-0.2, -0.15) is 22.0 Å². The highest BCUT2D eigenvalue weighted by atomic mass is 19.4. The van der Waals surface area contributed by atoms with Crippen LogP contribution in [0.3, 0.4) is 0 Å². The number of esters is 2. The summed E-state index contributed by atoms with van der Waals surface area (Å²) in [6.45, 7) is 5.12. The van der Waals surface area contributed by atoms with Gasteiger partial charge in [0.15, 0.2) is 6.10 Å². The van der Waals surface area contributed by atoms with Crippen molar-refractivity contribution in [2.24, 2.45) is 5.92 Å². The van der Waals surface area contributed by atoms with Gasteiger partial charge in [0.05, 0.1) is 0 Å². The first-order chi connectivity index (χ1) is 11.2. The molecule has 0 saturated heterocycles. The molecule has 0 heterocycles. The second-order valence-corrected chi connectivity index (χ2v) is 6.53. The molecular weight excluding hydrogens is 351 g/mol. The molecule has 0 aromatic heterocycles. The van der Waals surface area contributed by atoms with E-state index in [1.54, 1.807) is 0 Å². The molecule has 0 bridgehead atoms. The Balaban J connectivity index is 3.30. The predicted molar refractivity (Wildman–Crippen MR) is 77.8 cm³/mol. The maximum absolute atomic E-state index is 13.7. The fourth-order valence-corrected chi connectivity index (χ4v) is 2.69. The lowest BCUT2D eigenvalue weighted by atomic mass is 9.86. The fraction of sp³-hybridized carbons (Fsp3) is 0.750. The summed E-state index contributed by atoms with van der Waals surface area (Å²) in [6, 6.07) is 0. The summed E-state index contributed by atoms with van der Waals surface area (Å²) < 4.78 is 76.3. The van der Waals surface area contributed by atoms with Crippen LogP contribution < -0.4 is 0 Å². The zero-order valence-electron chi connectivity index (χ0n) is 14.2. The number of alkyl halides is 5. The standard InChI is InChI=1S/C16H21F5O4/c1-9(2)12(22)24-11(10-7-5-6-8-10)14(3,16(19,20)21)25-13(23)15(4,17)18/h10-11H,1,5-8H2,2-4H3. The minimum Gasteiger partial charge on any atom is -0.454 e. The zero-order chi connectivity index (χ0) is 19.6. The molecule has 0 amide bonds. The van der Waals surface area contributed by atoms with E-state index in [0.29, 0.717) is 32.6 Å². The van der Waals surface area contributed by atoms with Crippen molar-refractivity contribution in [3.05, 3.63) is 12.2 Å². The molecule has 9 heteroatoms. The third-order valence-corrected chi connectivity index (χ3v) is 4.18. The third kappa shape index (κ3) is 4.92. The number of ether oxygens (including phenoxy) is 2. The first kappa shape index (κ1) is 21.4. The van der Waals surface area contributed by atoms with Gasteiger partial charge in [-0.25, -0.2) is 9.59 Å². The second kappa shape index (κ2) is 7.29. The lowest BCUT2D eigenvalue weighted by Gasteiger charge is -2.40. The Bertz CT molecular complexity index is 532. The average molecular weight is 372 g/mol. The van der Waals surface area contributed by atoms with E-state index < -0.39 is 41.7 Å². The van der Waals surface area contributed by atoms with E-state index in [2.05, 4.69) is 11.3 Å². The van der Waals surface area contributed by atoms with Gasteiger partial charge in [0.2, 0.25) is 5.60 Å². The molecule has 1 aliphatic carbocycles. The van der Waals surface area contributed by atoms with E-state index in [1.165, 1.54) is 6.92 Å². The quantitative estimate of drug-likeness (QED) is 0.399. The van der Waals surface area contributed by atoms with Crippen LogP contribution in [0.2, 0.25) is 0 Å². The maximum Gasteiger partial charge on any atom is 0.431 e. The highest BCUT2D eigenvalue weighted by molar-refractivity contribution is 5.87. The molecular formula is C16H21F5O4. The van der Waals surface area contributed by atoms with Crippen LogP contribution in [-0.2, 0) is 19.1 Å². The minimum absolute atomic E-state index is 0.136. The summed E-state index contributed by atoms with van der Waals surface area (Å²) in [6.07, 6.45) is -5.39. The first-order valence-corrected chi connectivity index (χ1v) is 7.74. The van der Waals surface area contributed by atoms with Gasteiger partial charge >= 0.3 is 24.0 Å². The smallest absolute Gasteiger partial charge is 0.431 e. The van der Waals surface area contributed by atoms with Crippen molar-refractivity contribution in [1.82, 2.24) is 0 Å². The zero-order valence-corrected chi connectivity index (χ0v) is 14.2. The summed E-state index contributed by atoms with van der Waals surface area (Å²) in [5.74, 6) is -8.33. The van der Waals surface area contributed by atoms with E-state index in [0.717, 1.165) is 0 Å². The van der Waals surface area contributed by atoms with Crippen LogP contribution in [0.1, 0.15) is 46.5 Å². The molecule has 4 nitrogen and oxygen atoms in total. The number of carbonyl (C=O) groups is 2. The molecule has 1 saturated carbocycles. The maximum atomic E-state index is 13.7. The largest absolute Gasteiger partial charge is 0.454 e. The second-order valence-electron chi connectivity index (χ2n) is 6.53. The Labute approximate surface area is 142 Å². The van der Waals surface area contributed by atoms with Crippen LogP contribution in [0.15, 0.2) is 12.2 Å². The molecule has 0 aromatic carbocycles. The van der Waals surface area contributed by atoms with Gasteiger partial charge in [0.1, 0.15) is 0 Å². The van der Waals surface area contributed by atoms with Crippen LogP contribution in [0.4, 0.5) is 22.0 Å². The lowest BCUT2D eigenvalue weighted by molar-refractivity contribution is -0.303. The van der Waals surface area contributed by atoms with Crippen molar-refractivity contribution < 1.29 is 41.0 Å². The van der Waals surface area contributed by atoms with Crippen LogP contribution in [0.5, 0.6) is 0 Å². The highest BCUT2D eigenvalue weighted by Crippen LogP contribution is 2.45. The Kier molecular flexibility index (Phi) is 6.23. The summed E-state index contributed by atoms with van der Waals surface area (Å²) in [7, 11) is 0. The van der Waals surface area contributed by atoms with E-state index in [9.17, 15) is 31.5 Å². The monoisotopic (exact) mass is 372 g/mol. The van der Waals surface area contributed by atoms with Gasteiger partial charge in [-0.15, -0.1) is 0 Å². The summed E-state index contributed by atoms with van der Waals surface area (Å²) in [5, 5.41) is 0. The van der Waals surface area contributed by atoms with E-state index in [-0.39, 0.29) is 12.5 Å². The average Bonchev–Trinajstić information content (AvgIpc) is 2.95. The third-order valence-electron chi connectivity index (χ3n) is 4.18. The van der Waals surface area contributed by atoms with Crippen molar-refractivity contribution in [2.75, 3.05) is 0 Å². The lowest BCUT2D eigenvalue weighted by Crippen LogP contribution is -2.60. The van der Waals surface area contributed by atoms with Crippen LogP contribution in [0, 0.1) is 5.92 Å². The fourth-order valence-electron chi connectivity index (χ4n) is 2.69. The van der Waals surface area contributed by atoms with Gasteiger partial charge in [0.25, 0.3) is 0 Å². The molecule has 0 radical (unpaired) electrons. The van der Waals surface area contributed by atoms with Crippen LogP contribution in [-0.4, -0.2) is 35.7 Å². The molecule has 1 fully saturated rings. The topological polar surface area (TPSA) is 52.6 Å². The Morgan fingerprint density at radius 3 is 1.92 bits per heavy atom. The molecule has 1 aliphatic rings. The Morgan fingerprint density at radius 1 is 1.08 bits per heavy atom. The SMILES string of the molecule is C=C(C)C(=O)OC(C1CCCC1)C(C)(OC(=O)C(C)(F)F)C(F)(F)F. The molecule has 0 spiro atoms. The number of hydrogen-bond acceptors (Lipinski definition) is 4. The van der Waals surface area contributed by atoms with Gasteiger partial charge in [-0.3, -0.25) is 0 Å². The molecule has 0 aliphatic heterocycles. The van der Waals surface area contributed by atoms with Crippen molar-refractivity contribution >= 4 is 11.9 Å². The number of halogens is 5. The minimum atomic E-state index is -5.23. The van der Waals surface area contributed by atoms with Crippen LogP contribution in [0.25, 0.3) is 0 Å². The number of hydrogen-bond donors (Lipinski definition) is 0. The van der Waals surface area contributed by atoms with Crippen molar-refractivity contribution in [3.63, 3.8) is 0 Å². The van der Waals surface area contributed by atoms with E-state index in [1.807, 2.05) is 0 Å². The molecule has 2 atom stereocenters. The summed E-state index contributed by atoms with van der Waals surface area (Å²) in [4.78, 5) is 23.2. The van der Waals surface area contributed by atoms with Gasteiger partial charge in [-0.05, 0) is 26.7 Å². The normalized spacial score (nSPS) is 19.8. The Hall–Kier alpha value is -1.67. The van der Waals surface area contributed by atoms with Crippen molar-refractivity contribution in [3.8, 4) is 0 Å². The molecule has 2 unspecified atom stereocenters. The Morgan fingerprint density at radius 2 is 1.56 bits per heavy atom. The van der Waals surface area contributed by atoms with Gasteiger partial charge in [0, 0.05) is 18.4 Å². The van der Waals surface area contributed by atoms with E-state index in [4.69, 9.17) is 4.74 Å². The predicted octanol–water partition coefficient (Wildman–Crippen LogP) is 4.18. The summed E-state index contributed by atoms with van der Waals surface area (Å²) >= 11 is 0. The van der Waals surface area contributed by atoms with Gasteiger partial charge < -0.3 is 9.47 Å². The molecule has 25 heavy (non-hydrogen) atoms. The first-order valence-electron chi connectivity index (χ1n) is 7.74. The van der Waals surface area contributed by atoms with Crippen molar-refractivity contribution in [1.29, 1.82) is 0 Å². The van der Waals surface area contributed by atoms with Crippen molar-refractivity contribution in [2.45, 2.75) is 70.3 Å². The number of rotatable bonds is 6. The summed E-state index contributed by atoms with van der Waals surface area (Å²) in [5.41, 5.74) is -3.55. The van der Waals surface area contributed by atoms with Crippen LogP contribution >= 0.6 is 0 Å². The molecule has 1 rings (SSSR count). The molecule has 144 valence electrons.